The van der Waals surface area contributed by atoms with Crippen LogP contribution in [0.1, 0.15) is 16.7 Å². The molecule has 30 heavy (non-hydrogen) atoms. The van der Waals surface area contributed by atoms with E-state index in [9.17, 15) is 4.79 Å². The molecular weight excluding hydrogens is 408 g/mol. The average molecular weight is 433 g/mol. The summed E-state index contributed by atoms with van der Waals surface area (Å²) in [6.07, 6.45) is 5.19. The van der Waals surface area contributed by atoms with Crippen LogP contribution < -0.4 is 4.74 Å². The minimum absolute atomic E-state index is 0.0121. The van der Waals surface area contributed by atoms with Crippen molar-refractivity contribution in [3.63, 3.8) is 0 Å². The molecule has 0 aromatic heterocycles. The fourth-order valence-electron chi connectivity index (χ4n) is 2.64. The summed E-state index contributed by atoms with van der Waals surface area (Å²) < 4.78 is 6.19. The Bertz CT molecular complexity index is 933. The Balaban J connectivity index is 1.66. The molecule has 0 aliphatic rings. The van der Waals surface area contributed by atoms with Gasteiger partial charge in [0.1, 0.15) is 5.75 Å². The van der Waals surface area contributed by atoms with E-state index in [1.54, 1.807) is 42.8 Å². The second-order valence-electron chi connectivity index (χ2n) is 6.52. The summed E-state index contributed by atoms with van der Waals surface area (Å²) in [5.41, 5.74) is 3.46. The highest BCUT2D eigenvalue weighted by Gasteiger charge is 2.05. The molecule has 0 radical (unpaired) electrons. The number of carbonyl (C=O) groups is 1. The van der Waals surface area contributed by atoms with Gasteiger partial charge in [-0.3, -0.25) is 4.79 Å². The summed E-state index contributed by atoms with van der Waals surface area (Å²) in [6, 6.07) is 28.3. The normalized spacial score (nSPS) is 10.7. The number of hydrogen-bond donors (Lipinski definition) is 0. The quantitative estimate of drug-likeness (QED) is 0.323. The number of ether oxygens (including phenoxy) is 1. The third-order valence-corrected chi connectivity index (χ3v) is 6.73. The average Bonchev–Trinajstić information content (AvgIpc) is 2.81. The van der Waals surface area contributed by atoms with Gasteiger partial charge in [0.05, 0.1) is 7.11 Å². The summed E-state index contributed by atoms with van der Waals surface area (Å²) in [6.45, 7) is 0. The predicted octanol–water partition coefficient (Wildman–Crippen LogP) is 6.99. The first-order valence-corrected chi connectivity index (χ1v) is 11.6. The van der Waals surface area contributed by atoms with Crippen LogP contribution >= 0.6 is 23.5 Å². The number of hydrogen-bond acceptors (Lipinski definition) is 4. The fourth-order valence-corrected chi connectivity index (χ4v) is 4.73. The smallest absolute Gasteiger partial charge is 0.180 e. The fraction of sp³-hybridized carbons (Fsp3) is 0.115. The van der Waals surface area contributed by atoms with Gasteiger partial charge in [0.25, 0.3) is 0 Å². The highest BCUT2D eigenvalue weighted by atomic mass is 32.2. The monoisotopic (exact) mass is 432 g/mol. The molecule has 0 spiro atoms. The molecule has 3 rings (SSSR count). The van der Waals surface area contributed by atoms with Crippen molar-refractivity contribution in [1.29, 1.82) is 0 Å². The van der Waals surface area contributed by atoms with Gasteiger partial charge >= 0.3 is 0 Å². The van der Waals surface area contributed by atoms with Gasteiger partial charge in [-0.2, -0.15) is 0 Å². The summed E-state index contributed by atoms with van der Waals surface area (Å²) in [5, 5.41) is 0. The second-order valence-corrected chi connectivity index (χ2v) is 8.81. The number of rotatable bonds is 10. The largest absolute Gasteiger partial charge is 0.497 e. The van der Waals surface area contributed by atoms with Crippen LogP contribution in [0.4, 0.5) is 0 Å². The number of ketones is 1. The number of carbonyl (C=O) groups excluding carboxylic acids is 1. The van der Waals surface area contributed by atoms with E-state index in [0.29, 0.717) is 0 Å². The van der Waals surface area contributed by atoms with Crippen LogP contribution in [-0.2, 0) is 16.3 Å². The SMILES string of the molecule is COc1ccc(/C=C/C(=O)C=C(SCc2ccccc2)SCc2ccccc2)cc1. The molecule has 0 heterocycles. The second kappa shape index (κ2) is 12.1. The third kappa shape index (κ3) is 7.62. The summed E-state index contributed by atoms with van der Waals surface area (Å²) in [4.78, 5) is 12.6. The lowest BCUT2D eigenvalue weighted by molar-refractivity contribution is -0.110. The van der Waals surface area contributed by atoms with Gasteiger partial charge in [-0.1, -0.05) is 78.9 Å². The highest BCUT2D eigenvalue weighted by Crippen LogP contribution is 2.33. The molecule has 0 amide bonds. The number of methoxy groups -OCH3 is 1. The zero-order valence-electron chi connectivity index (χ0n) is 16.9. The molecule has 0 saturated heterocycles. The summed E-state index contributed by atoms with van der Waals surface area (Å²) in [7, 11) is 1.64. The van der Waals surface area contributed by atoms with E-state index in [-0.39, 0.29) is 5.78 Å². The minimum Gasteiger partial charge on any atom is -0.497 e. The van der Waals surface area contributed by atoms with Gasteiger partial charge in [0.2, 0.25) is 0 Å². The van der Waals surface area contributed by atoms with Crippen molar-refractivity contribution in [3.05, 3.63) is 118 Å². The van der Waals surface area contributed by atoms with Crippen molar-refractivity contribution >= 4 is 35.4 Å². The van der Waals surface area contributed by atoms with Crippen LogP contribution in [0.2, 0.25) is 0 Å². The molecule has 0 aliphatic heterocycles. The molecule has 0 saturated carbocycles. The van der Waals surface area contributed by atoms with Crippen molar-refractivity contribution in [1.82, 2.24) is 0 Å². The standard InChI is InChI=1S/C26H24O2S2/c1-28-25-16-13-21(14-17-25)12-15-24(27)18-26(29-19-22-8-4-2-5-9-22)30-20-23-10-6-3-7-11-23/h2-18H,19-20H2,1H3/b15-12+. The first-order chi connectivity index (χ1) is 14.7. The van der Waals surface area contributed by atoms with Gasteiger partial charge in [0.15, 0.2) is 5.78 Å². The zero-order chi connectivity index (χ0) is 21.0. The molecule has 0 atom stereocenters. The first kappa shape index (κ1) is 22.0. The van der Waals surface area contributed by atoms with Gasteiger partial charge in [-0.05, 0) is 34.9 Å². The molecule has 4 heteroatoms. The summed E-state index contributed by atoms with van der Waals surface area (Å²) >= 11 is 3.40. The zero-order valence-corrected chi connectivity index (χ0v) is 18.5. The molecule has 3 aromatic rings. The van der Waals surface area contributed by atoms with E-state index >= 15 is 0 Å². The van der Waals surface area contributed by atoms with Crippen LogP contribution in [0.5, 0.6) is 5.75 Å². The lowest BCUT2D eigenvalue weighted by atomic mass is 10.2. The third-order valence-electron chi connectivity index (χ3n) is 4.26. The van der Waals surface area contributed by atoms with Gasteiger partial charge in [0, 0.05) is 21.8 Å². The molecule has 0 N–H and O–H groups in total. The van der Waals surface area contributed by atoms with Gasteiger partial charge < -0.3 is 4.74 Å². The van der Waals surface area contributed by atoms with Gasteiger partial charge in [-0.15, -0.1) is 23.5 Å². The Hall–Kier alpha value is -2.69. The van der Waals surface area contributed by atoms with Crippen molar-refractivity contribution in [3.8, 4) is 5.75 Å². The van der Waals surface area contributed by atoms with Crippen molar-refractivity contribution < 1.29 is 9.53 Å². The van der Waals surface area contributed by atoms with Crippen molar-refractivity contribution in [2.75, 3.05) is 7.11 Å². The van der Waals surface area contributed by atoms with Crippen LogP contribution in [0.3, 0.4) is 0 Å². The molecule has 3 aromatic carbocycles. The van der Waals surface area contributed by atoms with E-state index in [0.717, 1.165) is 27.1 Å². The Morgan fingerprint density at radius 2 is 1.33 bits per heavy atom. The molecule has 152 valence electrons. The Kier molecular flexibility index (Phi) is 8.88. The van der Waals surface area contributed by atoms with E-state index in [1.165, 1.54) is 11.1 Å². The molecule has 0 unspecified atom stereocenters. The molecule has 0 aliphatic carbocycles. The summed E-state index contributed by atoms with van der Waals surface area (Å²) in [5.74, 6) is 2.46. The number of thioether (sulfide) groups is 2. The van der Waals surface area contributed by atoms with Crippen LogP contribution in [0, 0.1) is 0 Å². The minimum atomic E-state index is -0.0121. The number of benzene rings is 3. The Labute approximate surface area is 187 Å². The lowest BCUT2D eigenvalue weighted by Crippen LogP contribution is -1.89. The maximum absolute atomic E-state index is 12.6. The first-order valence-electron chi connectivity index (χ1n) is 9.64. The van der Waals surface area contributed by atoms with E-state index < -0.39 is 0 Å². The molecule has 0 bridgehead atoms. The van der Waals surface area contributed by atoms with Crippen molar-refractivity contribution in [2.45, 2.75) is 11.5 Å². The van der Waals surface area contributed by atoms with Crippen LogP contribution in [-0.4, -0.2) is 12.9 Å². The Morgan fingerprint density at radius 1 is 0.800 bits per heavy atom. The van der Waals surface area contributed by atoms with E-state index in [1.807, 2.05) is 66.7 Å². The Morgan fingerprint density at radius 3 is 1.83 bits per heavy atom. The lowest BCUT2D eigenvalue weighted by Gasteiger charge is -2.07. The predicted molar refractivity (Wildman–Crippen MR) is 131 cm³/mol. The van der Waals surface area contributed by atoms with Crippen LogP contribution in [0.15, 0.2) is 101 Å². The van der Waals surface area contributed by atoms with Crippen LogP contribution in [0.25, 0.3) is 6.08 Å². The molecular formula is C26H24O2S2. The van der Waals surface area contributed by atoms with E-state index in [4.69, 9.17) is 4.74 Å². The topological polar surface area (TPSA) is 26.3 Å². The number of allylic oxidation sites excluding steroid dienone is 2. The molecule has 0 fully saturated rings. The maximum atomic E-state index is 12.6. The van der Waals surface area contributed by atoms with Crippen molar-refractivity contribution in [2.24, 2.45) is 0 Å². The maximum Gasteiger partial charge on any atom is 0.180 e. The highest BCUT2D eigenvalue weighted by molar-refractivity contribution is 8.21. The van der Waals surface area contributed by atoms with Gasteiger partial charge in [-0.25, -0.2) is 0 Å². The molecule has 2 nitrogen and oxygen atoms in total. The van der Waals surface area contributed by atoms with E-state index in [2.05, 4.69) is 24.3 Å².